The molecule has 110 valence electrons. The predicted octanol–water partition coefficient (Wildman–Crippen LogP) is 4.06. The summed E-state index contributed by atoms with van der Waals surface area (Å²) < 4.78 is 0. The fourth-order valence-corrected chi connectivity index (χ4v) is 2.52. The maximum absolute atomic E-state index is 12.6. The highest BCUT2D eigenvalue weighted by atomic mass is 35.5. The summed E-state index contributed by atoms with van der Waals surface area (Å²) in [7, 11) is 1.77. The standard InChI is InChI=1S/C17H19ClN2O/c1-11-7-8-15(16(18)9-11)17(21)20(3)12(2)13-5-4-6-14(19)10-13/h4-10,12H,19H2,1-3H3. The van der Waals surface area contributed by atoms with Crippen molar-refractivity contribution >= 4 is 23.2 Å². The second-order valence-corrected chi connectivity index (χ2v) is 5.65. The van der Waals surface area contributed by atoms with Crippen LogP contribution in [0.1, 0.15) is 34.5 Å². The molecule has 1 atom stereocenters. The predicted molar refractivity (Wildman–Crippen MR) is 87.6 cm³/mol. The van der Waals surface area contributed by atoms with Crippen molar-refractivity contribution in [2.45, 2.75) is 19.9 Å². The van der Waals surface area contributed by atoms with Gasteiger partial charge >= 0.3 is 0 Å². The van der Waals surface area contributed by atoms with Crippen LogP contribution in [-0.2, 0) is 0 Å². The summed E-state index contributed by atoms with van der Waals surface area (Å²) in [6.45, 7) is 3.91. The van der Waals surface area contributed by atoms with Crippen LogP contribution >= 0.6 is 11.6 Å². The van der Waals surface area contributed by atoms with Gasteiger partial charge in [-0.05, 0) is 49.2 Å². The Balaban J connectivity index is 2.26. The molecule has 1 unspecified atom stereocenters. The van der Waals surface area contributed by atoms with Gasteiger partial charge in [0.05, 0.1) is 16.6 Å². The van der Waals surface area contributed by atoms with Crippen LogP contribution in [0.3, 0.4) is 0 Å². The Morgan fingerprint density at radius 3 is 2.57 bits per heavy atom. The van der Waals surface area contributed by atoms with Gasteiger partial charge < -0.3 is 10.6 Å². The van der Waals surface area contributed by atoms with Gasteiger partial charge in [0.25, 0.3) is 5.91 Å². The number of aryl methyl sites for hydroxylation is 1. The number of hydrogen-bond donors (Lipinski definition) is 1. The lowest BCUT2D eigenvalue weighted by atomic mass is 10.0. The molecule has 0 saturated carbocycles. The molecule has 0 spiro atoms. The average molecular weight is 303 g/mol. The SMILES string of the molecule is Cc1ccc(C(=O)N(C)C(C)c2cccc(N)c2)c(Cl)c1. The van der Waals surface area contributed by atoms with E-state index in [1.165, 1.54) is 0 Å². The van der Waals surface area contributed by atoms with Crippen LogP contribution in [0.4, 0.5) is 5.69 Å². The normalized spacial score (nSPS) is 12.0. The molecule has 0 aliphatic carbocycles. The second-order valence-electron chi connectivity index (χ2n) is 5.25. The quantitative estimate of drug-likeness (QED) is 0.869. The van der Waals surface area contributed by atoms with E-state index in [0.717, 1.165) is 11.1 Å². The molecule has 4 heteroatoms. The van der Waals surface area contributed by atoms with Crippen LogP contribution in [0.5, 0.6) is 0 Å². The molecule has 0 saturated heterocycles. The third-order valence-electron chi connectivity index (χ3n) is 3.65. The molecular formula is C17H19ClN2O. The Morgan fingerprint density at radius 1 is 1.24 bits per heavy atom. The Kier molecular flexibility index (Phi) is 4.53. The van der Waals surface area contributed by atoms with Crippen molar-refractivity contribution in [3.05, 3.63) is 64.2 Å². The first kappa shape index (κ1) is 15.4. The third-order valence-corrected chi connectivity index (χ3v) is 3.96. The molecule has 1 amide bonds. The molecule has 0 bridgehead atoms. The summed E-state index contributed by atoms with van der Waals surface area (Å²) in [5.41, 5.74) is 9.03. The van der Waals surface area contributed by atoms with Crippen molar-refractivity contribution in [1.82, 2.24) is 4.90 Å². The first-order valence-corrected chi connectivity index (χ1v) is 7.16. The smallest absolute Gasteiger partial charge is 0.255 e. The molecule has 0 fully saturated rings. The highest BCUT2D eigenvalue weighted by Gasteiger charge is 2.20. The van der Waals surface area contributed by atoms with Gasteiger partial charge in [0, 0.05) is 12.7 Å². The largest absolute Gasteiger partial charge is 0.399 e. The molecule has 2 aromatic rings. The highest BCUT2D eigenvalue weighted by molar-refractivity contribution is 6.33. The minimum atomic E-state index is -0.102. The van der Waals surface area contributed by atoms with E-state index in [-0.39, 0.29) is 11.9 Å². The second kappa shape index (κ2) is 6.19. The minimum absolute atomic E-state index is 0.0848. The van der Waals surface area contributed by atoms with Crippen molar-refractivity contribution in [3.8, 4) is 0 Å². The van der Waals surface area contributed by atoms with E-state index in [9.17, 15) is 4.79 Å². The Bertz CT molecular complexity index is 670. The summed E-state index contributed by atoms with van der Waals surface area (Å²) in [6.07, 6.45) is 0. The van der Waals surface area contributed by atoms with E-state index in [4.69, 9.17) is 17.3 Å². The van der Waals surface area contributed by atoms with Crippen LogP contribution in [0, 0.1) is 6.92 Å². The number of amides is 1. The number of nitrogens with two attached hydrogens (primary N) is 1. The van der Waals surface area contributed by atoms with Crippen molar-refractivity contribution in [1.29, 1.82) is 0 Å². The lowest BCUT2D eigenvalue weighted by Gasteiger charge is -2.26. The van der Waals surface area contributed by atoms with E-state index in [1.807, 2.05) is 44.2 Å². The monoisotopic (exact) mass is 302 g/mol. The zero-order chi connectivity index (χ0) is 15.6. The van der Waals surface area contributed by atoms with E-state index in [2.05, 4.69) is 0 Å². The number of halogens is 1. The van der Waals surface area contributed by atoms with E-state index in [1.54, 1.807) is 24.1 Å². The minimum Gasteiger partial charge on any atom is -0.399 e. The van der Waals surface area contributed by atoms with Crippen LogP contribution < -0.4 is 5.73 Å². The molecule has 0 radical (unpaired) electrons. The fourth-order valence-electron chi connectivity index (χ4n) is 2.20. The summed E-state index contributed by atoms with van der Waals surface area (Å²) in [5.74, 6) is -0.102. The summed E-state index contributed by atoms with van der Waals surface area (Å²) in [6, 6.07) is 12.9. The molecular weight excluding hydrogens is 284 g/mol. The summed E-state index contributed by atoms with van der Waals surface area (Å²) in [5, 5.41) is 0.478. The molecule has 2 aromatic carbocycles. The number of hydrogen-bond acceptors (Lipinski definition) is 2. The highest BCUT2D eigenvalue weighted by Crippen LogP contribution is 2.25. The number of carbonyl (C=O) groups is 1. The summed E-state index contributed by atoms with van der Waals surface area (Å²) in [4.78, 5) is 14.3. The number of carbonyl (C=O) groups excluding carboxylic acids is 1. The Morgan fingerprint density at radius 2 is 1.95 bits per heavy atom. The van der Waals surface area contributed by atoms with Gasteiger partial charge in [0.2, 0.25) is 0 Å². The first-order chi connectivity index (χ1) is 9.90. The number of nitrogen functional groups attached to an aromatic ring is 1. The van der Waals surface area contributed by atoms with Gasteiger partial charge in [-0.2, -0.15) is 0 Å². The first-order valence-electron chi connectivity index (χ1n) is 6.79. The number of benzene rings is 2. The zero-order valence-electron chi connectivity index (χ0n) is 12.4. The molecule has 0 heterocycles. The Hall–Kier alpha value is -2.00. The van der Waals surface area contributed by atoms with Gasteiger partial charge in [-0.3, -0.25) is 4.79 Å². The molecule has 0 aromatic heterocycles. The van der Waals surface area contributed by atoms with Crippen molar-refractivity contribution in [3.63, 3.8) is 0 Å². The van der Waals surface area contributed by atoms with Crippen LogP contribution in [0.15, 0.2) is 42.5 Å². The van der Waals surface area contributed by atoms with E-state index >= 15 is 0 Å². The van der Waals surface area contributed by atoms with Crippen molar-refractivity contribution in [2.75, 3.05) is 12.8 Å². The molecule has 3 nitrogen and oxygen atoms in total. The third kappa shape index (κ3) is 3.37. The van der Waals surface area contributed by atoms with Gasteiger partial charge in [0.15, 0.2) is 0 Å². The number of anilines is 1. The Labute approximate surface area is 130 Å². The summed E-state index contributed by atoms with van der Waals surface area (Å²) >= 11 is 6.18. The maximum Gasteiger partial charge on any atom is 0.255 e. The number of rotatable bonds is 3. The van der Waals surface area contributed by atoms with Crippen molar-refractivity contribution < 1.29 is 4.79 Å². The number of nitrogens with zero attached hydrogens (tertiary/aromatic N) is 1. The van der Waals surface area contributed by atoms with Crippen LogP contribution in [-0.4, -0.2) is 17.9 Å². The lowest BCUT2D eigenvalue weighted by molar-refractivity contribution is 0.0743. The van der Waals surface area contributed by atoms with Gasteiger partial charge in [-0.15, -0.1) is 0 Å². The van der Waals surface area contributed by atoms with Crippen LogP contribution in [0.25, 0.3) is 0 Å². The van der Waals surface area contributed by atoms with Gasteiger partial charge in [0.1, 0.15) is 0 Å². The lowest BCUT2D eigenvalue weighted by Crippen LogP contribution is -2.30. The molecule has 2 N–H and O–H groups in total. The molecule has 0 aliphatic heterocycles. The molecule has 21 heavy (non-hydrogen) atoms. The van der Waals surface area contributed by atoms with Crippen molar-refractivity contribution in [2.24, 2.45) is 0 Å². The fraction of sp³-hybridized carbons (Fsp3) is 0.235. The molecule has 0 aliphatic rings. The zero-order valence-corrected chi connectivity index (χ0v) is 13.2. The maximum atomic E-state index is 12.6. The van der Waals surface area contributed by atoms with Gasteiger partial charge in [-0.1, -0.05) is 29.8 Å². The average Bonchev–Trinajstić information content (AvgIpc) is 2.45. The van der Waals surface area contributed by atoms with E-state index < -0.39 is 0 Å². The van der Waals surface area contributed by atoms with Gasteiger partial charge in [-0.25, -0.2) is 0 Å². The molecule has 2 rings (SSSR count). The van der Waals surface area contributed by atoms with Crippen LogP contribution in [0.2, 0.25) is 5.02 Å². The van der Waals surface area contributed by atoms with E-state index in [0.29, 0.717) is 16.3 Å². The topological polar surface area (TPSA) is 46.3 Å².